The second-order valence-corrected chi connectivity index (χ2v) is 27.8. The first kappa shape index (κ1) is 84.1. The van der Waals surface area contributed by atoms with Gasteiger partial charge in [-0.05, 0) is 12.8 Å². The van der Waals surface area contributed by atoms with E-state index in [1.54, 1.807) is 0 Å². The summed E-state index contributed by atoms with van der Waals surface area (Å²) in [6, 6.07) is -1.17. The molecule has 11 heteroatoms. The van der Waals surface area contributed by atoms with Crippen LogP contribution >= 0.6 is 0 Å². The predicted molar refractivity (Wildman–Crippen MR) is 367 cm³/mol. The van der Waals surface area contributed by atoms with Gasteiger partial charge in [0.1, 0.15) is 36.6 Å². The Balaban J connectivity index is 2.13. The molecule has 9 unspecified atom stereocenters. The molecule has 1 fully saturated rings. The minimum absolute atomic E-state index is 0.268. The maximum atomic E-state index is 13.3. The van der Waals surface area contributed by atoms with Crippen LogP contribution in [0.5, 0.6) is 0 Å². The van der Waals surface area contributed by atoms with Crippen molar-refractivity contribution in [2.45, 2.75) is 467 Å². The molecule has 11 nitrogen and oxygen atoms in total. The molecule has 1 rings (SSSR count). The normalized spacial score (nSPS) is 18.6. The second kappa shape index (κ2) is 65.2. The first-order chi connectivity index (χ1) is 42.7. The van der Waals surface area contributed by atoms with Gasteiger partial charge in [-0.3, -0.25) is 4.79 Å². The summed E-state index contributed by atoms with van der Waals surface area (Å²) < 4.78 is 11.2. The van der Waals surface area contributed by atoms with E-state index >= 15 is 0 Å². The van der Waals surface area contributed by atoms with Gasteiger partial charge in [0.05, 0.1) is 25.4 Å². The number of aliphatic hydroxyl groups excluding tert-OH is 7. The van der Waals surface area contributed by atoms with Gasteiger partial charge in [-0.15, -0.1) is 0 Å². The third-order valence-electron chi connectivity index (χ3n) is 19.4. The van der Waals surface area contributed by atoms with Crippen LogP contribution in [0.1, 0.15) is 412 Å². The van der Waals surface area contributed by atoms with Crippen LogP contribution in [0.3, 0.4) is 0 Å². The SMILES string of the molecule is CCCCCCCCCCCCCCCCCCCCCCCCCCCCCCCCCC(O)C(=O)NC(COC1OC(CO)C(O)C(O)C1O)C(O)C(O)CCCCCCCCCCCCCCCCCCCCCCCCCCCCCCC. The molecule has 1 aliphatic rings. The van der Waals surface area contributed by atoms with Crippen molar-refractivity contribution >= 4 is 5.91 Å². The van der Waals surface area contributed by atoms with Crippen molar-refractivity contribution in [1.29, 1.82) is 0 Å². The minimum atomic E-state index is -1.66. The predicted octanol–water partition coefficient (Wildman–Crippen LogP) is 19.6. The van der Waals surface area contributed by atoms with E-state index < -0.39 is 74.2 Å². The molecule has 1 amide bonds. The Morgan fingerprint density at radius 2 is 0.598 bits per heavy atom. The Morgan fingerprint density at radius 1 is 0.356 bits per heavy atom. The molecule has 0 aromatic carbocycles. The van der Waals surface area contributed by atoms with E-state index in [-0.39, 0.29) is 6.42 Å². The van der Waals surface area contributed by atoms with E-state index in [4.69, 9.17) is 9.47 Å². The van der Waals surface area contributed by atoms with Gasteiger partial charge in [0.25, 0.3) is 0 Å². The highest BCUT2D eigenvalue weighted by atomic mass is 16.7. The van der Waals surface area contributed by atoms with Crippen molar-refractivity contribution in [3.63, 3.8) is 0 Å². The zero-order chi connectivity index (χ0) is 63.1. The molecule has 0 aliphatic carbocycles. The molecule has 0 bridgehead atoms. The fourth-order valence-corrected chi connectivity index (χ4v) is 13.2. The molecule has 0 aromatic rings. The Morgan fingerprint density at radius 3 is 0.851 bits per heavy atom. The first-order valence-corrected chi connectivity index (χ1v) is 38.9. The number of hydrogen-bond acceptors (Lipinski definition) is 10. The summed E-state index contributed by atoms with van der Waals surface area (Å²) in [6.07, 6.45) is 69.2. The lowest BCUT2D eigenvalue weighted by molar-refractivity contribution is -0.303. The lowest BCUT2D eigenvalue weighted by atomic mass is 9.98. The molecule has 1 saturated heterocycles. The Bertz CT molecular complexity index is 1380. The highest BCUT2D eigenvalue weighted by molar-refractivity contribution is 5.80. The van der Waals surface area contributed by atoms with E-state index in [2.05, 4.69) is 19.2 Å². The summed E-state index contributed by atoms with van der Waals surface area (Å²) in [7, 11) is 0. The second-order valence-electron chi connectivity index (χ2n) is 27.8. The monoisotopic (exact) mass is 1240 g/mol. The summed E-state index contributed by atoms with van der Waals surface area (Å²) in [4.78, 5) is 13.3. The zero-order valence-electron chi connectivity index (χ0n) is 57.8. The highest BCUT2D eigenvalue weighted by Gasteiger charge is 2.44. The number of carbonyl (C=O) groups is 1. The maximum absolute atomic E-state index is 13.3. The number of amides is 1. The molecule has 1 aliphatic heterocycles. The first-order valence-electron chi connectivity index (χ1n) is 38.9. The van der Waals surface area contributed by atoms with Crippen molar-refractivity contribution < 1.29 is 50.0 Å². The van der Waals surface area contributed by atoms with E-state index in [0.29, 0.717) is 19.3 Å². The quantitative estimate of drug-likeness (QED) is 0.0272. The van der Waals surface area contributed by atoms with Crippen LogP contribution in [0.15, 0.2) is 0 Å². The molecule has 1 heterocycles. The lowest BCUT2D eigenvalue weighted by Gasteiger charge is -2.40. The van der Waals surface area contributed by atoms with Crippen molar-refractivity contribution in [2.24, 2.45) is 0 Å². The average Bonchev–Trinajstić information content (AvgIpc) is 2.18. The molecule has 520 valence electrons. The summed E-state index contributed by atoms with van der Waals surface area (Å²) in [5.74, 6) is -0.685. The molecular formula is C76H151NO10. The molecule has 8 N–H and O–H groups in total. The van der Waals surface area contributed by atoms with Crippen LogP contribution in [0.2, 0.25) is 0 Å². The minimum Gasteiger partial charge on any atom is -0.394 e. The Labute approximate surface area is 539 Å². The van der Waals surface area contributed by atoms with E-state index in [9.17, 15) is 40.5 Å². The van der Waals surface area contributed by atoms with Crippen LogP contribution in [-0.4, -0.2) is 110 Å². The van der Waals surface area contributed by atoms with Crippen molar-refractivity contribution in [3.05, 3.63) is 0 Å². The molecule has 0 saturated carbocycles. The van der Waals surface area contributed by atoms with Crippen LogP contribution in [0, 0.1) is 0 Å². The number of nitrogens with one attached hydrogen (secondary N) is 1. The fourth-order valence-electron chi connectivity index (χ4n) is 13.2. The molecule has 0 radical (unpaired) electrons. The van der Waals surface area contributed by atoms with Gasteiger partial charge in [-0.1, -0.05) is 399 Å². The van der Waals surface area contributed by atoms with Crippen LogP contribution in [0.25, 0.3) is 0 Å². The van der Waals surface area contributed by atoms with Crippen molar-refractivity contribution in [2.75, 3.05) is 13.2 Å². The summed E-state index contributed by atoms with van der Waals surface area (Å²) in [6.45, 7) is 3.54. The number of hydrogen-bond donors (Lipinski definition) is 8. The van der Waals surface area contributed by atoms with Crippen LogP contribution < -0.4 is 5.32 Å². The van der Waals surface area contributed by atoms with Gasteiger partial charge in [0.15, 0.2) is 6.29 Å². The van der Waals surface area contributed by atoms with E-state index in [0.717, 1.165) is 38.5 Å². The summed E-state index contributed by atoms with van der Waals surface area (Å²) in [5.41, 5.74) is 0. The van der Waals surface area contributed by atoms with Gasteiger partial charge in [0.2, 0.25) is 5.91 Å². The largest absolute Gasteiger partial charge is 0.394 e. The maximum Gasteiger partial charge on any atom is 0.249 e. The van der Waals surface area contributed by atoms with Gasteiger partial charge in [-0.2, -0.15) is 0 Å². The standard InChI is InChI=1S/C76H151NO10/c1-3-5-7-9-11-13-15-17-19-21-23-25-27-29-31-33-34-36-38-40-42-44-46-48-50-52-54-56-58-60-62-64-69(80)75(85)77-67(66-86-76-74(84)73(83)72(82)70(65-78)87-76)71(81)68(79)63-61-59-57-55-53-51-49-47-45-43-41-39-37-35-32-30-28-26-24-22-20-18-16-14-12-10-8-6-4-2/h67-74,76,78-84H,3-66H2,1-2H3,(H,77,85). The molecule has 0 spiro atoms. The van der Waals surface area contributed by atoms with E-state index in [1.807, 2.05) is 0 Å². The lowest BCUT2D eigenvalue weighted by Crippen LogP contribution is -2.60. The average molecular weight is 1240 g/mol. The van der Waals surface area contributed by atoms with Crippen LogP contribution in [-0.2, 0) is 14.3 Å². The third kappa shape index (κ3) is 52.2. The van der Waals surface area contributed by atoms with Gasteiger partial charge < -0.3 is 50.5 Å². The van der Waals surface area contributed by atoms with Gasteiger partial charge in [-0.25, -0.2) is 0 Å². The molecule has 0 aromatic heterocycles. The van der Waals surface area contributed by atoms with Crippen LogP contribution in [0.4, 0.5) is 0 Å². The van der Waals surface area contributed by atoms with Gasteiger partial charge >= 0.3 is 0 Å². The van der Waals surface area contributed by atoms with Crippen molar-refractivity contribution in [3.8, 4) is 0 Å². The molecule has 9 atom stereocenters. The number of rotatable bonds is 70. The number of unbranched alkanes of at least 4 members (excludes halogenated alkanes) is 58. The topological polar surface area (TPSA) is 189 Å². The Kier molecular flexibility index (Phi) is 63.0. The smallest absolute Gasteiger partial charge is 0.249 e. The molecular weight excluding hydrogens is 1090 g/mol. The van der Waals surface area contributed by atoms with Crippen molar-refractivity contribution in [1.82, 2.24) is 5.32 Å². The third-order valence-corrected chi connectivity index (χ3v) is 19.4. The van der Waals surface area contributed by atoms with Gasteiger partial charge in [0, 0.05) is 0 Å². The zero-order valence-corrected chi connectivity index (χ0v) is 57.8. The Hall–Kier alpha value is -0.890. The number of aliphatic hydroxyl groups is 7. The summed E-state index contributed by atoms with van der Waals surface area (Å²) in [5, 5.41) is 76.7. The summed E-state index contributed by atoms with van der Waals surface area (Å²) >= 11 is 0. The molecule has 87 heavy (non-hydrogen) atoms. The van der Waals surface area contributed by atoms with E-state index in [1.165, 1.54) is 334 Å². The number of ether oxygens (including phenoxy) is 2. The fraction of sp³-hybridized carbons (Fsp3) is 0.987. The number of carbonyl (C=O) groups excluding carboxylic acids is 1. The highest BCUT2D eigenvalue weighted by Crippen LogP contribution is 2.25.